The molecular formula is C14H26FN. The van der Waals surface area contributed by atoms with Gasteiger partial charge in [-0.25, -0.2) is 4.39 Å². The van der Waals surface area contributed by atoms with Gasteiger partial charge in [0.2, 0.25) is 0 Å². The zero-order valence-corrected chi connectivity index (χ0v) is 11.0. The smallest absolute Gasteiger partial charge is 0.103 e. The first-order valence-corrected chi connectivity index (χ1v) is 6.94. The van der Waals surface area contributed by atoms with Crippen LogP contribution in [0.2, 0.25) is 0 Å². The second kappa shape index (κ2) is 5.03. The summed E-state index contributed by atoms with van der Waals surface area (Å²) in [5.41, 5.74) is 0. The molecule has 1 nitrogen and oxygen atoms in total. The maximum absolute atomic E-state index is 13.5. The minimum absolute atomic E-state index is 0.279. The number of likely N-dealkylation sites (tertiary alicyclic amines) is 1. The predicted molar refractivity (Wildman–Crippen MR) is 66.2 cm³/mol. The van der Waals surface area contributed by atoms with Crippen molar-refractivity contribution in [2.24, 2.45) is 17.8 Å². The summed E-state index contributed by atoms with van der Waals surface area (Å²) in [6, 6.07) is 0.712. The molecule has 94 valence electrons. The van der Waals surface area contributed by atoms with E-state index in [0.717, 1.165) is 31.1 Å². The summed E-state index contributed by atoms with van der Waals surface area (Å²) < 4.78 is 13.5. The largest absolute Gasteiger partial charge is 0.303 e. The highest BCUT2D eigenvalue weighted by atomic mass is 19.1. The summed E-state index contributed by atoms with van der Waals surface area (Å²) in [7, 11) is 2.26. The van der Waals surface area contributed by atoms with Crippen molar-refractivity contribution in [3.05, 3.63) is 0 Å². The van der Waals surface area contributed by atoms with Gasteiger partial charge in [-0.3, -0.25) is 0 Å². The fraction of sp³-hybridized carbons (Fsp3) is 1.00. The van der Waals surface area contributed by atoms with E-state index in [1.54, 1.807) is 0 Å². The molecule has 5 unspecified atom stereocenters. The number of piperidine rings is 1. The molecular weight excluding hydrogens is 201 g/mol. The van der Waals surface area contributed by atoms with Crippen LogP contribution in [0.25, 0.3) is 0 Å². The van der Waals surface area contributed by atoms with E-state index < -0.39 is 6.17 Å². The van der Waals surface area contributed by atoms with Gasteiger partial charge in [-0.1, -0.05) is 13.8 Å². The molecule has 2 aliphatic rings. The first kappa shape index (κ1) is 12.3. The van der Waals surface area contributed by atoms with Crippen LogP contribution in [0.3, 0.4) is 0 Å². The van der Waals surface area contributed by atoms with Gasteiger partial charge in [0, 0.05) is 6.04 Å². The maximum Gasteiger partial charge on any atom is 0.103 e. The molecule has 0 bridgehead atoms. The van der Waals surface area contributed by atoms with Gasteiger partial charge in [0.15, 0.2) is 0 Å². The average Bonchev–Trinajstić information content (AvgIpc) is 2.23. The third kappa shape index (κ3) is 2.42. The molecule has 0 amide bonds. The molecule has 0 aromatic rings. The van der Waals surface area contributed by atoms with Crippen LogP contribution in [0.5, 0.6) is 0 Å². The van der Waals surface area contributed by atoms with Crippen LogP contribution in [0.4, 0.5) is 4.39 Å². The topological polar surface area (TPSA) is 3.24 Å². The summed E-state index contributed by atoms with van der Waals surface area (Å²) in [4.78, 5) is 2.53. The zero-order valence-electron chi connectivity index (χ0n) is 11.0. The quantitative estimate of drug-likeness (QED) is 0.663. The summed E-state index contributed by atoms with van der Waals surface area (Å²) in [5.74, 6) is 1.82. The van der Waals surface area contributed by atoms with E-state index in [-0.39, 0.29) is 5.92 Å². The Labute approximate surface area is 99.4 Å². The Morgan fingerprint density at radius 3 is 2.44 bits per heavy atom. The van der Waals surface area contributed by atoms with Gasteiger partial charge in [-0.2, -0.15) is 0 Å². The van der Waals surface area contributed by atoms with Crippen molar-refractivity contribution in [1.82, 2.24) is 4.90 Å². The van der Waals surface area contributed by atoms with E-state index in [4.69, 9.17) is 0 Å². The van der Waals surface area contributed by atoms with Crippen molar-refractivity contribution in [3.63, 3.8) is 0 Å². The van der Waals surface area contributed by atoms with Crippen LogP contribution in [-0.4, -0.2) is 30.7 Å². The molecule has 1 aliphatic carbocycles. The van der Waals surface area contributed by atoms with Gasteiger partial charge in [0.25, 0.3) is 0 Å². The molecule has 5 atom stereocenters. The lowest BCUT2D eigenvalue weighted by Crippen LogP contribution is -2.48. The fourth-order valence-electron chi connectivity index (χ4n) is 3.95. The highest BCUT2D eigenvalue weighted by Gasteiger charge is 2.37. The van der Waals surface area contributed by atoms with Gasteiger partial charge >= 0.3 is 0 Å². The summed E-state index contributed by atoms with van der Waals surface area (Å²) >= 11 is 0. The van der Waals surface area contributed by atoms with Gasteiger partial charge in [-0.15, -0.1) is 0 Å². The lowest BCUT2D eigenvalue weighted by Gasteiger charge is -2.45. The summed E-state index contributed by atoms with van der Waals surface area (Å²) in [5, 5.41) is 0. The second-order valence-electron chi connectivity index (χ2n) is 6.16. The molecule has 0 aromatic heterocycles. The lowest BCUT2D eigenvalue weighted by atomic mass is 9.72. The summed E-state index contributed by atoms with van der Waals surface area (Å²) in [6.45, 7) is 5.70. The molecule has 1 heterocycles. The highest BCUT2D eigenvalue weighted by Crippen LogP contribution is 2.39. The monoisotopic (exact) mass is 227 g/mol. The molecule has 2 heteroatoms. The Kier molecular flexibility index (Phi) is 3.89. The van der Waals surface area contributed by atoms with Crippen molar-refractivity contribution in [2.75, 3.05) is 13.6 Å². The Bertz CT molecular complexity index is 221. The third-order valence-corrected chi connectivity index (χ3v) is 4.85. The first-order chi connectivity index (χ1) is 7.59. The van der Waals surface area contributed by atoms with E-state index in [9.17, 15) is 4.39 Å². The molecule has 2 fully saturated rings. The average molecular weight is 227 g/mol. The lowest BCUT2D eigenvalue weighted by molar-refractivity contribution is 0.0314. The van der Waals surface area contributed by atoms with Crippen molar-refractivity contribution >= 4 is 0 Å². The van der Waals surface area contributed by atoms with Crippen LogP contribution >= 0.6 is 0 Å². The Morgan fingerprint density at radius 1 is 1.06 bits per heavy atom. The number of halogens is 1. The van der Waals surface area contributed by atoms with Crippen molar-refractivity contribution in [2.45, 2.75) is 58.2 Å². The van der Waals surface area contributed by atoms with Crippen LogP contribution < -0.4 is 0 Å². The molecule has 0 spiro atoms. The SMILES string of the molecule is CC1CC(C2C(C)CCCN2C)CCC1F. The van der Waals surface area contributed by atoms with E-state index in [1.165, 1.54) is 19.4 Å². The van der Waals surface area contributed by atoms with E-state index >= 15 is 0 Å². The molecule has 0 radical (unpaired) electrons. The molecule has 0 aromatic carbocycles. The van der Waals surface area contributed by atoms with Crippen molar-refractivity contribution < 1.29 is 4.39 Å². The predicted octanol–water partition coefficient (Wildman–Crippen LogP) is 3.49. The van der Waals surface area contributed by atoms with Crippen LogP contribution in [0.15, 0.2) is 0 Å². The van der Waals surface area contributed by atoms with Crippen LogP contribution in [-0.2, 0) is 0 Å². The molecule has 1 saturated carbocycles. The van der Waals surface area contributed by atoms with Gasteiger partial charge < -0.3 is 4.90 Å². The molecule has 0 N–H and O–H groups in total. The second-order valence-corrected chi connectivity index (χ2v) is 6.16. The number of hydrogen-bond acceptors (Lipinski definition) is 1. The fourth-order valence-corrected chi connectivity index (χ4v) is 3.95. The standard InChI is InChI=1S/C14H26FN/c1-10-5-4-8-16(3)14(10)12-6-7-13(15)11(2)9-12/h10-14H,4-9H2,1-3H3. The molecule has 1 aliphatic heterocycles. The number of alkyl halides is 1. The van der Waals surface area contributed by atoms with Gasteiger partial charge in [-0.05, 0) is 63.5 Å². The third-order valence-electron chi connectivity index (χ3n) is 4.85. The minimum atomic E-state index is -0.541. The zero-order chi connectivity index (χ0) is 11.7. The van der Waals surface area contributed by atoms with Gasteiger partial charge in [0.1, 0.15) is 6.17 Å². The minimum Gasteiger partial charge on any atom is -0.303 e. The van der Waals surface area contributed by atoms with Crippen molar-refractivity contribution in [3.8, 4) is 0 Å². The van der Waals surface area contributed by atoms with E-state index in [1.807, 2.05) is 0 Å². The van der Waals surface area contributed by atoms with E-state index in [2.05, 4.69) is 25.8 Å². The van der Waals surface area contributed by atoms with Crippen LogP contribution in [0.1, 0.15) is 46.0 Å². The number of hydrogen-bond donors (Lipinski definition) is 0. The number of nitrogens with zero attached hydrogens (tertiary/aromatic N) is 1. The normalized spacial score (nSPS) is 46.9. The first-order valence-electron chi connectivity index (χ1n) is 6.94. The molecule has 1 saturated heterocycles. The molecule has 16 heavy (non-hydrogen) atoms. The molecule has 2 rings (SSSR count). The van der Waals surface area contributed by atoms with E-state index in [0.29, 0.717) is 6.04 Å². The Hall–Kier alpha value is -0.110. The van der Waals surface area contributed by atoms with Crippen LogP contribution in [0, 0.1) is 17.8 Å². The summed E-state index contributed by atoms with van der Waals surface area (Å²) in [6.07, 6.45) is 5.15. The maximum atomic E-state index is 13.5. The Balaban J connectivity index is 2.00. The highest BCUT2D eigenvalue weighted by molar-refractivity contribution is 4.90. The number of rotatable bonds is 1. The Morgan fingerprint density at radius 2 is 1.81 bits per heavy atom. The van der Waals surface area contributed by atoms with Gasteiger partial charge in [0.05, 0.1) is 0 Å². The van der Waals surface area contributed by atoms with Crippen molar-refractivity contribution in [1.29, 1.82) is 0 Å².